The normalized spacial score (nSPS) is 25.6. The molecular weight excluding hydrogens is 324 g/mol. The van der Waals surface area contributed by atoms with Crippen molar-refractivity contribution in [1.82, 2.24) is 0 Å². The number of hydrogen-bond acceptors (Lipinski definition) is 0. The van der Waals surface area contributed by atoms with E-state index in [1.807, 2.05) is 13.8 Å². The quantitative estimate of drug-likeness (QED) is 0.515. The van der Waals surface area contributed by atoms with E-state index in [0.717, 1.165) is 6.42 Å². The molecule has 1 aromatic rings. The molecule has 0 spiro atoms. The van der Waals surface area contributed by atoms with Gasteiger partial charge in [-0.3, -0.25) is 0 Å². The summed E-state index contributed by atoms with van der Waals surface area (Å²) in [5.41, 5.74) is 8.84. The van der Waals surface area contributed by atoms with Gasteiger partial charge < -0.3 is 0 Å². The number of hydrogen-bond donors (Lipinski definition) is 0. The SMILES string of the molecule is CC.CC1=CC2CC2(c2ccc(C3=CCC=CC=C3C)c(C(C)C)c2)C=C1. The highest BCUT2D eigenvalue weighted by Gasteiger charge is 2.53. The summed E-state index contributed by atoms with van der Waals surface area (Å²) >= 11 is 0. The minimum Gasteiger partial charge on any atom is -0.0807 e. The highest BCUT2D eigenvalue weighted by atomic mass is 14.6. The Labute approximate surface area is 166 Å². The van der Waals surface area contributed by atoms with Crippen molar-refractivity contribution >= 4 is 5.57 Å². The summed E-state index contributed by atoms with van der Waals surface area (Å²) < 4.78 is 0. The lowest BCUT2D eigenvalue weighted by molar-refractivity contribution is 0.796. The second-order valence-corrected chi connectivity index (χ2v) is 8.18. The standard InChI is InChI=1S/C25H28.C2H6/c1-17(2)24-15-20(25-13-12-18(3)14-21(25)16-25)10-11-23(24)22-9-7-5-6-8-19(22)4;1-2/h5-6,8-15,17,21H,7,16H2,1-4H3;1-2H3. The number of benzene rings is 1. The second kappa shape index (κ2) is 7.89. The molecule has 2 atom stereocenters. The van der Waals surface area contributed by atoms with Gasteiger partial charge in [0.1, 0.15) is 0 Å². The molecule has 4 rings (SSSR count). The van der Waals surface area contributed by atoms with E-state index in [1.54, 1.807) is 0 Å². The molecule has 0 N–H and O–H groups in total. The van der Waals surface area contributed by atoms with Gasteiger partial charge in [0.05, 0.1) is 0 Å². The molecule has 0 heteroatoms. The summed E-state index contributed by atoms with van der Waals surface area (Å²) in [7, 11) is 0. The van der Waals surface area contributed by atoms with Crippen LogP contribution in [0.1, 0.15) is 77.0 Å². The average Bonchev–Trinajstić information content (AvgIpc) is 3.43. The molecule has 1 fully saturated rings. The van der Waals surface area contributed by atoms with Crippen LogP contribution in [-0.4, -0.2) is 0 Å². The van der Waals surface area contributed by atoms with Crippen LogP contribution in [0.4, 0.5) is 0 Å². The Hall–Kier alpha value is -2.08. The molecule has 0 saturated heterocycles. The van der Waals surface area contributed by atoms with Crippen molar-refractivity contribution in [2.75, 3.05) is 0 Å². The maximum absolute atomic E-state index is 2.49. The lowest BCUT2D eigenvalue weighted by Crippen LogP contribution is -2.10. The van der Waals surface area contributed by atoms with Crippen LogP contribution in [0.15, 0.2) is 71.9 Å². The van der Waals surface area contributed by atoms with Crippen LogP contribution in [0.25, 0.3) is 5.57 Å². The molecule has 3 aliphatic rings. The third-order valence-electron chi connectivity index (χ3n) is 6.03. The van der Waals surface area contributed by atoms with Crippen LogP contribution >= 0.6 is 0 Å². The topological polar surface area (TPSA) is 0 Å². The van der Waals surface area contributed by atoms with Crippen molar-refractivity contribution in [2.24, 2.45) is 5.92 Å². The fourth-order valence-electron chi connectivity index (χ4n) is 4.41. The van der Waals surface area contributed by atoms with Gasteiger partial charge in [-0.25, -0.2) is 0 Å². The zero-order valence-electron chi connectivity index (χ0n) is 17.8. The molecule has 0 aromatic heterocycles. The Kier molecular flexibility index (Phi) is 5.75. The van der Waals surface area contributed by atoms with Crippen LogP contribution in [0, 0.1) is 5.92 Å². The predicted octanol–water partition coefficient (Wildman–Crippen LogP) is 7.90. The maximum Gasteiger partial charge on any atom is 0.0204 e. The first-order valence-electron chi connectivity index (χ1n) is 10.6. The largest absolute Gasteiger partial charge is 0.0807 e. The van der Waals surface area contributed by atoms with E-state index in [9.17, 15) is 0 Å². The molecule has 0 aliphatic heterocycles. The second-order valence-electron chi connectivity index (χ2n) is 8.18. The molecule has 27 heavy (non-hydrogen) atoms. The molecule has 1 aromatic carbocycles. The fourth-order valence-corrected chi connectivity index (χ4v) is 4.41. The van der Waals surface area contributed by atoms with Crippen molar-refractivity contribution in [2.45, 2.75) is 65.7 Å². The molecule has 3 aliphatic carbocycles. The number of rotatable bonds is 3. The third-order valence-corrected chi connectivity index (χ3v) is 6.03. The Morgan fingerprint density at radius 1 is 1.11 bits per heavy atom. The van der Waals surface area contributed by atoms with Crippen molar-refractivity contribution in [3.8, 4) is 0 Å². The van der Waals surface area contributed by atoms with E-state index < -0.39 is 0 Å². The van der Waals surface area contributed by atoms with Crippen molar-refractivity contribution in [3.63, 3.8) is 0 Å². The molecule has 1 saturated carbocycles. The summed E-state index contributed by atoms with van der Waals surface area (Å²) in [6.07, 6.45) is 18.5. The molecule has 0 heterocycles. The van der Waals surface area contributed by atoms with E-state index in [-0.39, 0.29) is 5.41 Å². The van der Waals surface area contributed by atoms with E-state index in [0.29, 0.717) is 11.8 Å². The van der Waals surface area contributed by atoms with Crippen LogP contribution in [-0.2, 0) is 5.41 Å². The Morgan fingerprint density at radius 2 is 1.89 bits per heavy atom. The first kappa shape index (κ1) is 19.7. The van der Waals surface area contributed by atoms with Gasteiger partial charge >= 0.3 is 0 Å². The highest BCUT2D eigenvalue weighted by Crippen LogP contribution is 2.59. The van der Waals surface area contributed by atoms with Gasteiger partial charge in [-0.1, -0.05) is 94.0 Å². The molecule has 0 amide bonds. The van der Waals surface area contributed by atoms with Crippen LogP contribution in [0.5, 0.6) is 0 Å². The summed E-state index contributed by atoms with van der Waals surface area (Å²) in [6, 6.07) is 7.25. The average molecular weight is 359 g/mol. The molecule has 0 radical (unpaired) electrons. The van der Waals surface area contributed by atoms with Gasteiger partial charge in [-0.05, 0) is 66.4 Å². The van der Waals surface area contributed by atoms with Crippen LogP contribution in [0.3, 0.4) is 0 Å². The molecule has 142 valence electrons. The summed E-state index contributed by atoms with van der Waals surface area (Å²) in [5.74, 6) is 1.23. The Morgan fingerprint density at radius 3 is 2.59 bits per heavy atom. The van der Waals surface area contributed by atoms with Crippen molar-refractivity contribution in [3.05, 3.63) is 88.6 Å². The van der Waals surface area contributed by atoms with Gasteiger partial charge in [0.15, 0.2) is 0 Å². The first-order valence-corrected chi connectivity index (χ1v) is 10.6. The zero-order valence-corrected chi connectivity index (χ0v) is 17.8. The minimum atomic E-state index is 0.270. The van der Waals surface area contributed by atoms with E-state index in [2.05, 4.69) is 88.4 Å². The number of fused-ring (bicyclic) bond motifs is 1. The lowest BCUT2D eigenvalue weighted by Gasteiger charge is -2.22. The van der Waals surface area contributed by atoms with E-state index in [4.69, 9.17) is 0 Å². The Balaban J connectivity index is 0.00000102. The van der Waals surface area contributed by atoms with Crippen molar-refractivity contribution < 1.29 is 0 Å². The van der Waals surface area contributed by atoms with Crippen LogP contribution < -0.4 is 0 Å². The Bertz CT molecular complexity index is 854. The lowest BCUT2D eigenvalue weighted by atomic mass is 9.82. The predicted molar refractivity (Wildman–Crippen MR) is 120 cm³/mol. The first-order chi connectivity index (χ1) is 13.0. The fraction of sp³-hybridized carbons (Fsp3) is 0.407. The smallest absolute Gasteiger partial charge is 0.0204 e. The molecule has 0 bridgehead atoms. The van der Waals surface area contributed by atoms with Gasteiger partial charge in [-0.2, -0.15) is 0 Å². The van der Waals surface area contributed by atoms with Crippen LogP contribution in [0.2, 0.25) is 0 Å². The summed E-state index contributed by atoms with van der Waals surface area (Å²) in [5, 5.41) is 0. The molecular formula is C27H34. The third kappa shape index (κ3) is 3.68. The van der Waals surface area contributed by atoms with Gasteiger partial charge in [0.25, 0.3) is 0 Å². The van der Waals surface area contributed by atoms with Gasteiger partial charge in [0, 0.05) is 5.41 Å². The summed E-state index contributed by atoms with van der Waals surface area (Å²) in [6.45, 7) is 13.1. The van der Waals surface area contributed by atoms with E-state index >= 15 is 0 Å². The summed E-state index contributed by atoms with van der Waals surface area (Å²) in [4.78, 5) is 0. The molecule has 0 nitrogen and oxygen atoms in total. The number of allylic oxidation sites excluding steroid dienone is 10. The molecule has 2 unspecified atom stereocenters. The minimum absolute atomic E-state index is 0.270. The maximum atomic E-state index is 2.49. The monoisotopic (exact) mass is 358 g/mol. The van der Waals surface area contributed by atoms with E-state index in [1.165, 1.54) is 39.8 Å². The zero-order chi connectivity index (χ0) is 19.6. The highest BCUT2D eigenvalue weighted by molar-refractivity contribution is 5.81. The van der Waals surface area contributed by atoms with Gasteiger partial charge in [-0.15, -0.1) is 0 Å². The van der Waals surface area contributed by atoms with Gasteiger partial charge in [0.2, 0.25) is 0 Å². The van der Waals surface area contributed by atoms with Crippen molar-refractivity contribution in [1.29, 1.82) is 0 Å².